The van der Waals surface area contributed by atoms with Gasteiger partial charge in [0.15, 0.2) is 6.61 Å². The molecule has 30 heavy (non-hydrogen) atoms. The summed E-state index contributed by atoms with van der Waals surface area (Å²) in [6.07, 6.45) is 3.64. The lowest BCUT2D eigenvalue weighted by Crippen LogP contribution is -2.32. The van der Waals surface area contributed by atoms with Crippen LogP contribution in [0.3, 0.4) is 0 Å². The molecule has 162 valence electrons. The number of aromatic nitrogens is 2. The maximum absolute atomic E-state index is 12.0. The van der Waals surface area contributed by atoms with E-state index in [1.807, 2.05) is 32.0 Å². The molecule has 1 amide bonds. The second-order valence-corrected chi connectivity index (χ2v) is 7.05. The van der Waals surface area contributed by atoms with E-state index in [-0.39, 0.29) is 12.5 Å². The van der Waals surface area contributed by atoms with E-state index in [0.717, 1.165) is 24.7 Å². The molecule has 1 N–H and O–H groups in total. The topological polar surface area (TPSA) is 85.8 Å². The van der Waals surface area contributed by atoms with Crippen molar-refractivity contribution >= 4 is 11.7 Å². The lowest BCUT2D eigenvalue weighted by atomic mass is 10.1. The highest BCUT2D eigenvalue weighted by atomic mass is 16.5. The van der Waals surface area contributed by atoms with Gasteiger partial charge in [-0.05, 0) is 57.4 Å². The second-order valence-electron chi connectivity index (χ2n) is 7.05. The zero-order chi connectivity index (χ0) is 21.2. The molecule has 0 saturated carbocycles. The Bertz CT molecular complexity index is 807. The van der Waals surface area contributed by atoms with Crippen molar-refractivity contribution in [1.29, 1.82) is 0 Å². The Kier molecular flexibility index (Phi) is 8.11. The van der Waals surface area contributed by atoms with Crippen molar-refractivity contribution < 1.29 is 19.0 Å². The molecule has 1 fully saturated rings. The first kappa shape index (κ1) is 21.7. The number of carbonyl (C=O) groups excluding carboxylic acids is 1. The van der Waals surface area contributed by atoms with Crippen LogP contribution in [0.5, 0.6) is 17.4 Å². The van der Waals surface area contributed by atoms with Gasteiger partial charge in [0.2, 0.25) is 5.88 Å². The van der Waals surface area contributed by atoms with Crippen LogP contribution in [0, 0.1) is 6.92 Å². The summed E-state index contributed by atoms with van der Waals surface area (Å²) in [7, 11) is 0. The van der Waals surface area contributed by atoms with Crippen LogP contribution in [0.4, 0.5) is 5.82 Å². The normalized spacial score (nSPS) is 13.6. The molecule has 0 unspecified atom stereocenters. The quantitative estimate of drug-likeness (QED) is 0.598. The van der Waals surface area contributed by atoms with Crippen LogP contribution in [0.2, 0.25) is 0 Å². The van der Waals surface area contributed by atoms with Gasteiger partial charge in [-0.25, -0.2) is 4.98 Å². The van der Waals surface area contributed by atoms with Crippen molar-refractivity contribution in [2.75, 3.05) is 44.4 Å². The Labute approximate surface area is 177 Å². The third-order valence-electron chi connectivity index (χ3n) is 4.66. The van der Waals surface area contributed by atoms with Crippen molar-refractivity contribution in [2.24, 2.45) is 0 Å². The van der Waals surface area contributed by atoms with E-state index in [0.29, 0.717) is 37.2 Å². The molecule has 0 aliphatic carbocycles. The first-order chi connectivity index (χ1) is 14.6. The van der Waals surface area contributed by atoms with E-state index in [9.17, 15) is 4.79 Å². The van der Waals surface area contributed by atoms with Crippen LogP contribution in [0.1, 0.15) is 32.0 Å². The minimum absolute atomic E-state index is 0.0558. The third-order valence-corrected chi connectivity index (χ3v) is 4.66. The van der Waals surface area contributed by atoms with E-state index in [4.69, 9.17) is 14.2 Å². The number of ether oxygens (including phenoxy) is 3. The number of benzene rings is 1. The average molecular weight is 415 g/mol. The van der Waals surface area contributed by atoms with Gasteiger partial charge in [-0.15, -0.1) is 0 Å². The minimum atomic E-state index is -0.208. The number of aryl methyl sites for hydroxylation is 1. The van der Waals surface area contributed by atoms with Crippen molar-refractivity contribution in [1.82, 2.24) is 15.3 Å². The Balaban J connectivity index is 1.38. The van der Waals surface area contributed by atoms with E-state index in [1.54, 1.807) is 12.1 Å². The maximum atomic E-state index is 12.0. The molecule has 0 bridgehead atoms. The molecule has 1 aliphatic heterocycles. The molecule has 1 aromatic carbocycles. The van der Waals surface area contributed by atoms with E-state index in [2.05, 4.69) is 20.2 Å². The Hall–Kier alpha value is -3.03. The highest BCUT2D eigenvalue weighted by Gasteiger charge is 2.14. The number of nitrogens with one attached hydrogen (secondary N) is 1. The van der Waals surface area contributed by atoms with Gasteiger partial charge >= 0.3 is 0 Å². The number of carbonyl (C=O) groups is 1. The molecule has 2 aromatic rings. The Morgan fingerprint density at radius 3 is 2.43 bits per heavy atom. The molecule has 2 heterocycles. The monoisotopic (exact) mass is 414 g/mol. The molecular weight excluding hydrogens is 384 g/mol. The summed E-state index contributed by atoms with van der Waals surface area (Å²) in [5, 5.41) is 2.78. The van der Waals surface area contributed by atoms with E-state index >= 15 is 0 Å². The largest absolute Gasteiger partial charge is 0.494 e. The molecule has 0 spiro atoms. The van der Waals surface area contributed by atoms with Gasteiger partial charge in [0.25, 0.3) is 5.91 Å². The Morgan fingerprint density at radius 2 is 1.73 bits per heavy atom. The van der Waals surface area contributed by atoms with E-state index < -0.39 is 0 Å². The number of piperidine rings is 1. The molecule has 0 radical (unpaired) electrons. The van der Waals surface area contributed by atoms with Gasteiger partial charge in [0.05, 0.1) is 13.2 Å². The summed E-state index contributed by atoms with van der Waals surface area (Å²) in [5.74, 6) is 3.30. The summed E-state index contributed by atoms with van der Waals surface area (Å²) in [6.45, 7) is 7.07. The van der Waals surface area contributed by atoms with Gasteiger partial charge in [-0.2, -0.15) is 4.98 Å². The van der Waals surface area contributed by atoms with E-state index in [1.165, 1.54) is 19.3 Å². The van der Waals surface area contributed by atoms with Crippen LogP contribution >= 0.6 is 0 Å². The molecule has 8 nitrogen and oxygen atoms in total. The fraction of sp³-hybridized carbons (Fsp3) is 0.500. The number of hydrogen-bond acceptors (Lipinski definition) is 7. The standard InChI is InChI=1S/C22H30N4O4/c1-3-28-18-7-9-19(10-8-18)30-16-21(27)23-11-14-29-22-15-20(24-17(2)25-22)26-12-5-4-6-13-26/h7-10,15H,3-6,11-14,16H2,1-2H3,(H,23,27). The summed E-state index contributed by atoms with van der Waals surface area (Å²) >= 11 is 0. The van der Waals surface area contributed by atoms with Crippen molar-refractivity contribution in [2.45, 2.75) is 33.1 Å². The van der Waals surface area contributed by atoms with Crippen molar-refractivity contribution in [3.8, 4) is 17.4 Å². The zero-order valence-electron chi connectivity index (χ0n) is 17.7. The molecule has 0 atom stereocenters. The minimum Gasteiger partial charge on any atom is -0.494 e. The fourth-order valence-electron chi connectivity index (χ4n) is 3.23. The summed E-state index contributed by atoms with van der Waals surface area (Å²) in [5.41, 5.74) is 0. The lowest BCUT2D eigenvalue weighted by molar-refractivity contribution is -0.123. The number of anilines is 1. The number of rotatable bonds is 10. The molecule has 1 aromatic heterocycles. The SMILES string of the molecule is CCOc1ccc(OCC(=O)NCCOc2cc(N3CCCCC3)nc(C)n2)cc1. The predicted octanol–water partition coefficient (Wildman–Crippen LogP) is 2.75. The summed E-state index contributed by atoms with van der Waals surface area (Å²) < 4.78 is 16.6. The van der Waals surface area contributed by atoms with Crippen LogP contribution in [0.15, 0.2) is 30.3 Å². The van der Waals surface area contributed by atoms with Crippen LogP contribution in [-0.2, 0) is 4.79 Å². The first-order valence-corrected chi connectivity index (χ1v) is 10.5. The van der Waals surface area contributed by atoms with Gasteiger partial charge in [-0.3, -0.25) is 4.79 Å². The molecule has 1 saturated heterocycles. The number of hydrogen-bond donors (Lipinski definition) is 1. The zero-order valence-corrected chi connectivity index (χ0v) is 17.7. The maximum Gasteiger partial charge on any atom is 0.258 e. The molecular formula is C22H30N4O4. The Morgan fingerprint density at radius 1 is 1.03 bits per heavy atom. The number of amides is 1. The predicted molar refractivity (Wildman–Crippen MR) is 114 cm³/mol. The highest BCUT2D eigenvalue weighted by Crippen LogP contribution is 2.21. The van der Waals surface area contributed by atoms with Crippen LogP contribution in [0.25, 0.3) is 0 Å². The second kappa shape index (κ2) is 11.2. The first-order valence-electron chi connectivity index (χ1n) is 10.5. The van der Waals surface area contributed by atoms with Crippen LogP contribution in [-0.4, -0.2) is 55.3 Å². The summed E-state index contributed by atoms with van der Waals surface area (Å²) in [6, 6.07) is 9.05. The number of nitrogens with zero attached hydrogens (tertiary/aromatic N) is 3. The molecule has 1 aliphatic rings. The molecule has 8 heteroatoms. The van der Waals surface area contributed by atoms with Crippen molar-refractivity contribution in [3.63, 3.8) is 0 Å². The van der Waals surface area contributed by atoms with Gasteiger partial charge in [0, 0.05) is 19.2 Å². The molecule has 3 rings (SSSR count). The average Bonchev–Trinajstić information content (AvgIpc) is 2.77. The van der Waals surface area contributed by atoms with Gasteiger partial charge in [-0.1, -0.05) is 0 Å². The smallest absolute Gasteiger partial charge is 0.258 e. The third kappa shape index (κ3) is 6.79. The lowest BCUT2D eigenvalue weighted by Gasteiger charge is -2.28. The summed E-state index contributed by atoms with van der Waals surface area (Å²) in [4.78, 5) is 23.1. The van der Waals surface area contributed by atoms with Gasteiger partial charge < -0.3 is 24.4 Å². The van der Waals surface area contributed by atoms with Crippen molar-refractivity contribution in [3.05, 3.63) is 36.2 Å². The fourth-order valence-corrected chi connectivity index (χ4v) is 3.23. The van der Waals surface area contributed by atoms with Gasteiger partial charge in [0.1, 0.15) is 29.7 Å². The highest BCUT2D eigenvalue weighted by molar-refractivity contribution is 5.77. The van der Waals surface area contributed by atoms with Crippen LogP contribution < -0.4 is 24.4 Å².